The van der Waals surface area contributed by atoms with Gasteiger partial charge in [0.25, 0.3) is 0 Å². The first-order valence-corrected chi connectivity index (χ1v) is 11.1. The topological polar surface area (TPSA) is 76.0 Å². The van der Waals surface area contributed by atoms with Crippen LogP contribution in [0.2, 0.25) is 18.1 Å². The van der Waals surface area contributed by atoms with Crippen LogP contribution in [0.25, 0.3) is 0 Å². The van der Waals surface area contributed by atoms with Crippen LogP contribution in [0, 0.1) is 0 Å². The Morgan fingerprint density at radius 3 is 2.22 bits per heavy atom. The molecule has 0 rings (SSSR count). The summed E-state index contributed by atoms with van der Waals surface area (Å²) in [6, 6.07) is 0. The van der Waals surface area contributed by atoms with Gasteiger partial charge in [0.2, 0.25) is 0 Å². The van der Waals surface area contributed by atoms with Gasteiger partial charge in [-0.25, -0.2) is 4.79 Å². The van der Waals surface area contributed by atoms with Gasteiger partial charge in [-0.05, 0) is 45.0 Å². The summed E-state index contributed by atoms with van der Waals surface area (Å²) in [6.07, 6.45) is -0.636. The van der Waals surface area contributed by atoms with Crippen molar-refractivity contribution in [2.75, 3.05) is 6.61 Å². The number of aliphatic hydroxyl groups excluding tert-OH is 2. The van der Waals surface area contributed by atoms with E-state index in [0.29, 0.717) is 6.42 Å². The molecule has 0 saturated carbocycles. The molecule has 23 heavy (non-hydrogen) atoms. The Morgan fingerprint density at radius 2 is 1.78 bits per heavy atom. The Kier molecular flexibility index (Phi) is 8.69. The summed E-state index contributed by atoms with van der Waals surface area (Å²) < 4.78 is 11.0. The molecule has 6 heteroatoms. The van der Waals surface area contributed by atoms with E-state index in [9.17, 15) is 15.0 Å². The van der Waals surface area contributed by atoms with Gasteiger partial charge in [0.15, 0.2) is 8.32 Å². The van der Waals surface area contributed by atoms with Crippen LogP contribution in [0.3, 0.4) is 0 Å². The number of ether oxygens (including phenoxy) is 1. The van der Waals surface area contributed by atoms with E-state index in [1.807, 2.05) is 6.92 Å². The average Bonchev–Trinajstić information content (AvgIpc) is 2.36. The van der Waals surface area contributed by atoms with E-state index in [1.54, 1.807) is 13.8 Å². The zero-order valence-electron chi connectivity index (χ0n) is 15.8. The molecule has 2 N–H and O–H groups in total. The largest absolute Gasteiger partial charge is 0.463 e. The molecule has 0 heterocycles. The Morgan fingerprint density at radius 1 is 1.26 bits per heavy atom. The highest BCUT2D eigenvalue weighted by Crippen LogP contribution is 2.37. The number of rotatable bonds is 8. The van der Waals surface area contributed by atoms with E-state index in [0.717, 1.165) is 0 Å². The fourth-order valence-corrected chi connectivity index (χ4v) is 3.34. The van der Waals surface area contributed by atoms with Crippen LogP contribution in [0.5, 0.6) is 0 Å². The molecule has 136 valence electrons. The molecule has 0 aromatic carbocycles. The van der Waals surface area contributed by atoms with Crippen LogP contribution in [0.4, 0.5) is 0 Å². The number of hydrogen-bond acceptors (Lipinski definition) is 5. The van der Waals surface area contributed by atoms with Crippen LogP contribution in [-0.2, 0) is 14.0 Å². The van der Waals surface area contributed by atoms with Crippen molar-refractivity contribution >= 4 is 14.3 Å². The van der Waals surface area contributed by atoms with E-state index in [1.165, 1.54) is 6.08 Å². The van der Waals surface area contributed by atoms with E-state index >= 15 is 0 Å². The Balaban J connectivity index is 4.66. The molecule has 0 aliphatic heterocycles. The van der Waals surface area contributed by atoms with Crippen molar-refractivity contribution in [1.82, 2.24) is 0 Å². The minimum atomic E-state index is -1.91. The van der Waals surface area contributed by atoms with Gasteiger partial charge in [0.05, 0.1) is 18.8 Å². The van der Waals surface area contributed by atoms with E-state index < -0.39 is 26.5 Å². The molecule has 0 aromatic heterocycles. The quantitative estimate of drug-likeness (QED) is 0.401. The molecule has 0 fully saturated rings. The number of aliphatic hydroxyl groups is 2. The van der Waals surface area contributed by atoms with E-state index in [-0.39, 0.29) is 23.3 Å². The monoisotopic (exact) mass is 346 g/mol. The van der Waals surface area contributed by atoms with Gasteiger partial charge in [-0.1, -0.05) is 20.8 Å². The second-order valence-electron chi connectivity index (χ2n) is 7.55. The Labute approximate surface area is 141 Å². The van der Waals surface area contributed by atoms with Crippen molar-refractivity contribution in [1.29, 1.82) is 0 Å². The Hall–Kier alpha value is -0.693. The summed E-state index contributed by atoms with van der Waals surface area (Å²) in [5, 5.41) is 20.3. The van der Waals surface area contributed by atoms with Crippen molar-refractivity contribution in [3.8, 4) is 0 Å². The fourth-order valence-electron chi connectivity index (χ4n) is 1.89. The van der Waals surface area contributed by atoms with Gasteiger partial charge < -0.3 is 19.4 Å². The SMILES string of the molecule is CCOC(=O)C(C)=C[C@@H](O)[C@H](O)C[C@@H](C)O[Si](C)(C)C(C)(C)C. The van der Waals surface area contributed by atoms with E-state index in [2.05, 4.69) is 33.9 Å². The lowest BCUT2D eigenvalue weighted by Crippen LogP contribution is -2.44. The van der Waals surface area contributed by atoms with Gasteiger partial charge in [0, 0.05) is 18.1 Å². The summed E-state index contributed by atoms with van der Waals surface area (Å²) in [7, 11) is -1.91. The maximum absolute atomic E-state index is 11.5. The predicted octanol–water partition coefficient (Wildman–Crippen LogP) is 3.02. The molecule has 0 aliphatic carbocycles. The molecule has 0 bridgehead atoms. The summed E-state index contributed by atoms with van der Waals surface area (Å²) in [6.45, 7) is 16.2. The predicted molar refractivity (Wildman–Crippen MR) is 94.8 cm³/mol. The van der Waals surface area contributed by atoms with Gasteiger partial charge in [-0.15, -0.1) is 0 Å². The Bertz CT molecular complexity index is 412. The minimum absolute atomic E-state index is 0.0885. The van der Waals surface area contributed by atoms with Crippen molar-refractivity contribution < 1.29 is 24.2 Å². The molecule has 0 amide bonds. The lowest BCUT2D eigenvalue weighted by molar-refractivity contribution is -0.138. The lowest BCUT2D eigenvalue weighted by Gasteiger charge is -2.39. The number of hydrogen-bond donors (Lipinski definition) is 2. The molecular formula is C17H34O5Si. The number of esters is 1. The third-order valence-corrected chi connectivity index (χ3v) is 8.89. The summed E-state index contributed by atoms with van der Waals surface area (Å²) in [5.41, 5.74) is 0.288. The zero-order valence-corrected chi connectivity index (χ0v) is 16.8. The average molecular weight is 347 g/mol. The minimum Gasteiger partial charge on any atom is -0.463 e. The van der Waals surface area contributed by atoms with Gasteiger partial charge in [0.1, 0.15) is 0 Å². The first-order valence-electron chi connectivity index (χ1n) is 8.21. The molecular weight excluding hydrogens is 312 g/mol. The summed E-state index contributed by atoms with van der Waals surface area (Å²) in [4.78, 5) is 11.5. The lowest BCUT2D eigenvalue weighted by atomic mass is 10.1. The molecule has 3 atom stereocenters. The maximum atomic E-state index is 11.5. The van der Waals surface area contributed by atoms with Crippen LogP contribution in [0.1, 0.15) is 48.0 Å². The van der Waals surface area contributed by atoms with Gasteiger partial charge in [-0.2, -0.15) is 0 Å². The highest BCUT2D eigenvalue weighted by Gasteiger charge is 2.38. The zero-order chi connectivity index (χ0) is 18.4. The van der Waals surface area contributed by atoms with Crippen molar-refractivity contribution in [3.63, 3.8) is 0 Å². The number of carbonyl (C=O) groups is 1. The van der Waals surface area contributed by atoms with Crippen molar-refractivity contribution in [3.05, 3.63) is 11.6 Å². The summed E-state index contributed by atoms with van der Waals surface area (Å²) >= 11 is 0. The fraction of sp³-hybridized carbons (Fsp3) is 0.824. The molecule has 0 radical (unpaired) electrons. The third kappa shape index (κ3) is 7.61. The van der Waals surface area contributed by atoms with Crippen molar-refractivity contribution in [2.45, 2.75) is 84.4 Å². The molecule has 0 aliphatic rings. The molecule has 5 nitrogen and oxygen atoms in total. The first-order chi connectivity index (χ1) is 10.3. The second-order valence-corrected chi connectivity index (χ2v) is 12.3. The van der Waals surface area contributed by atoms with Crippen LogP contribution in [-0.4, -0.2) is 49.4 Å². The van der Waals surface area contributed by atoms with E-state index in [4.69, 9.17) is 9.16 Å². The van der Waals surface area contributed by atoms with Crippen molar-refractivity contribution in [2.24, 2.45) is 0 Å². The third-order valence-electron chi connectivity index (χ3n) is 4.29. The summed E-state index contributed by atoms with van der Waals surface area (Å²) in [5.74, 6) is -0.482. The smallest absolute Gasteiger partial charge is 0.333 e. The number of carbonyl (C=O) groups excluding carboxylic acids is 1. The first kappa shape index (κ1) is 22.3. The van der Waals surface area contributed by atoms with Gasteiger partial charge in [-0.3, -0.25) is 0 Å². The molecule has 0 saturated heterocycles. The normalized spacial score (nSPS) is 17.6. The molecule has 0 unspecified atom stereocenters. The highest BCUT2D eigenvalue weighted by molar-refractivity contribution is 6.74. The van der Waals surface area contributed by atoms with Crippen LogP contribution in [0.15, 0.2) is 11.6 Å². The van der Waals surface area contributed by atoms with Gasteiger partial charge >= 0.3 is 5.97 Å². The molecule has 0 aromatic rings. The second kappa shape index (κ2) is 8.96. The standard InChI is InChI=1S/C17H34O5Si/c1-9-21-16(20)12(2)10-14(18)15(19)11-13(3)22-23(7,8)17(4,5)6/h10,13-15,18-19H,9,11H2,1-8H3/t13-,14-,15-/m1/s1. The van der Waals surface area contributed by atoms with Crippen LogP contribution >= 0.6 is 0 Å². The highest BCUT2D eigenvalue weighted by atomic mass is 28.4. The molecule has 0 spiro atoms. The van der Waals surface area contributed by atoms with Crippen LogP contribution < -0.4 is 0 Å². The maximum Gasteiger partial charge on any atom is 0.333 e.